The number of hydrogen-bond donors (Lipinski definition) is 1. The lowest BCUT2D eigenvalue weighted by molar-refractivity contribution is 0.102. The lowest BCUT2D eigenvalue weighted by Gasteiger charge is -2.07. The monoisotopic (exact) mass is 300 g/mol. The SMILES string of the molecule is N#Cc1cccc(C(=O)Nc2ccccc2Br)c1. The number of anilines is 1. The van der Waals surface area contributed by atoms with Crippen LogP contribution in [0.15, 0.2) is 53.0 Å². The number of nitriles is 1. The molecule has 88 valence electrons. The van der Waals surface area contributed by atoms with Crippen LogP contribution < -0.4 is 5.32 Å². The smallest absolute Gasteiger partial charge is 0.255 e. The van der Waals surface area contributed by atoms with Crippen LogP contribution in [0.25, 0.3) is 0 Å². The average molecular weight is 301 g/mol. The van der Waals surface area contributed by atoms with Crippen molar-refractivity contribution in [2.75, 3.05) is 5.32 Å². The van der Waals surface area contributed by atoms with Gasteiger partial charge in [-0.05, 0) is 46.3 Å². The van der Waals surface area contributed by atoms with Gasteiger partial charge in [0.25, 0.3) is 5.91 Å². The molecule has 0 saturated heterocycles. The third kappa shape index (κ3) is 2.76. The number of para-hydroxylation sites is 1. The van der Waals surface area contributed by atoms with Gasteiger partial charge in [-0.2, -0.15) is 5.26 Å². The molecule has 0 radical (unpaired) electrons. The normalized spacial score (nSPS) is 9.56. The topological polar surface area (TPSA) is 52.9 Å². The number of halogens is 1. The minimum Gasteiger partial charge on any atom is -0.321 e. The van der Waals surface area contributed by atoms with Crippen molar-refractivity contribution in [3.63, 3.8) is 0 Å². The van der Waals surface area contributed by atoms with Gasteiger partial charge in [-0.15, -0.1) is 0 Å². The van der Waals surface area contributed by atoms with E-state index in [2.05, 4.69) is 21.2 Å². The summed E-state index contributed by atoms with van der Waals surface area (Å²) >= 11 is 3.36. The van der Waals surface area contributed by atoms with E-state index >= 15 is 0 Å². The highest BCUT2D eigenvalue weighted by Crippen LogP contribution is 2.21. The summed E-state index contributed by atoms with van der Waals surface area (Å²) in [7, 11) is 0. The number of hydrogen-bond acceptors (Lipinski definition) is 2. The molecule has 0 unspecified atom stereocenters. The molecule has 18 heavy (non-hydrogen) atoms. The van der Waals surface area contributed by atoms with Crippen molar-refractivity contribution >= 4 is 27.5 Å². The highest BCUT2D eigenvalue weighted by molar-refractivity contribution is 9.10. The van der Waals surface area contributed by atoms with Crippen molar-refractivity contribution in [2.45, 2.75) is 0 Å². The zero-order chi connectivity index (χ0) is 13.0. The predicted molar refractivity (Wildman–Crippen MR) is 73.3 cm³/mol. The summed E-state index contributed by atoms with van der Waals surface area (Å²) in [6.07, 6.45) is 0. The largest absolute Gasteiger partial charge is 0.321 e. The van der Waals surface area contributed by atoms with E-state index in [0.717, 1.165) is 4.47 Å². The number of nitrogens with one attached hydrogen (secondary N) is 1. The summed E-state index contributed by atoms with van der Waals surface area (Å²) in [5, 5.41) is 11.6. The molecule has 0 aliphatic heterocycles. The molecule has 0 heterocycles. The van der Waals surface area contributed by atoms with Gasteiger partial charge < -0.3 is 5.32 Å². The van der Waals surface area contributed by atoms with Crippen molar-refractivity contribution in [2.24, 2.45) is 0 Å². The van der Waals surface area contributed by atoms with E-state index in [1.807, 2.05) is 24.3 Å². The molecular weight excluding hydrogens is 292 g/mol. The second kappa shape index (κ2) is 5.48. The minimum absolute atomic E-state index is 0.237. The summed E-state index contributed by atoms with van der Waals surface area (Å²) in [5.41, 5.74) is 1.63. The van der Waals surface area contributed by atoms with Crippen molar-refractivity contribution in [1.29, 1.82) is 5.26 Å². The Balaban J connectivity index is 2.23. The fraction of sp³-hybridized carbons (Fsp3) is 0. The van der Waals surface area contributed by atoms with Crippen molar-refractivity contribution in [1.82, 2.24) is 0 Å². The molecule has 2 aromatic carbocycles. The number of rotatable bonds is 2. The highest BCUT2D eigenvalue weighted by Gasteiger charge is 2.08. The molecule has 0 atom stereocenters. The summed E-state index contributed by atoms with van der Waals surface area (Å²) in [5.74, 6) is -0.237. The molecule has 0 aliphatic carbocycles. The zero-order valence-corrected chi connectivity index (χ0v) is 10.9. The van der Waals surface area contributed by atoms with Crippen LogP contribution >= 0.6 is 15.9 Å². The Morgan fingerprint density at radius 3 is 2.67 bits per heavy atom. The second-order valence-corrected chi connectivity index (χ2v) is 4.48. The molecule has 3 nitrogen and oxygen atoms in total. The first-order chi connectivity index (χ1) is 8.70. The number of amides is 1. The predicted octanol–water partition coefficient (Wildman–Crippen LogP) is 3.57. The van der Waals surface area contributed by atoms with E-state index in [-0.39, 0.29) is 5.91 Å². The Morgan fingerprint density at radius 2 is 1.94 bits per heavy atom. The summed E-state index contributed by atoms with van der Waals surface area (Å²) in [4.78, 5) is 12.0. The quantitative estimate of drug-likeness (QED) is 0.922. The lowest BCUT2D eigenvalue weighted by atomic mass is 10.1. The fourth-order valence-corrected chi connectivity index (χ4v) is 1.87. The molecule has 0 spiro atoms. The minimum atomic E-state index is -0.237. The molecular formula is C14H9BrN2O. The molecule has 1 amide bonds. The Morgan fingerprint density at radius 1 is 1.17 bits per heavy atom. The number of nitrogens with zero attached hydrogens (tertiary/aromatic N) is 1. The molecule has 0 fully saturated rings. The van der Waals surface area contributed by atoms with Gasteiger partial charge in [0.05, 0.1) is 17.3 Å². The van der Waals surface area contributed by atoms with Gasteiger partial charge in [-0.3, -0.25) is 4.79 Å². The third-order valence-corrected chi connectivity index (χ3v) is 3.07. The molecule has 0 bridgehead atoms. The highest BCUT2D eigenvalue weighted by atomic mass is 79.9. The van der Waals surface area contributed by atoms with E-state index in [4.69, 9.17) is 5.26 Å². The molecule has 4 heteroatoms. The van der Waals surface area contributed by atoms with Gasteiger partial charge in [0.15, 0.2) is 0 Å². The maximum atomic E-state index is 12.0. The average Bonchev–Trinajstić information content (AvgIpc) is 2.41. The van der Waals surface area contributed by atoms with Crippen LogP contribution in [0.5, 0.6) is 0 Å². The van der Waals surface area contributed by atoms with Crippen LogP contribution in [0.1, 0.15) is 15.9 Å². The van der Waals surface area contributed by atoms with Gasteiger partial charge in [0, 0.05) is 10.0 Å². The summed E-state index contributed by atoms with van der Waals surface area (Å²) < 4.78 is 0.815. The maximum absolute atomic E-state index is 12.0. The van der Waals surface area contributed by atoms with Crippen LogP contribution in [0.3, 0.4) is 0 Å². The number of benzene rings is 2. The summed E-state index contributed by atoms with van der Waals surface area (Å²) in [6.45, 7) is 0. The lowest BCUT2D eigenvalue weighted by Crippen LogP contribution is -2.12. The first-order valence-corrected chi connectivity index (χ1v) is 6.06. The van der Waals surface area contributed by atoms with Crippen LogP contribution in [0, 0.1) is 11.3 Å². The molecule has 0 aromatic heterocycles. The van der Waals surface area contributed by atoms with Crippen LogP contribution in [-0.2, 0) is 0 Å². The van der Waals surface area contributed by atoms with Crippen LogP contribution in [0.2, 0.25) is 0 Å². The van der Waals surface area contributed by atoms with Gasteiger partial charge >= 0.3 is 0 Å². The number of carbonyl (C=O) groups is 1. The van der Waals surface area contributed by atoms with Crippen LogP contribution in [0.4, 0.5) is 5.69 Å². The first kappa shape index (κ1) is 12.3. The van der Waals surface area contributed by atoms with Gasteiger partial charge in [-0.1, -0.05) is 18.2 Å². The van der Waals surface area contributed by atoms with Crippen molar-refractivity contribution in [3.05, 3.63) is 64.1 Å². The van der Waals surface area contributed by atoms with Crippen molar-refractivity contribution < 1.29 is 4.79 Å². The maximum Gasteiger partial charge on any atom is 0.255 e. The molecule has 0 aliphatic rings. The fourth-order valence-electron chi connectivity index (χ4n) is 1.49. The van der Waals surface area contributed by atoms with E-state index in [9.17, 15) is 4.79 Å². The molecule has 0 saturated carbocycles. The van der Waals surface area contributed by atoms with Gasteiger partial charge in [0.1, 0.15) is 0 Å². The van der Waals surface area contributed by atoms with E-state index in [0.29, 0.717) is 16.8 Å². The van der Waals surface area contributed by atoms with Crippen LogP contribution in [-0.4, -0.2) is 5.91 Å². The standard InChI is InChI=1S/C14H9BrN2O/c15-12-6-1-2-7-13(12)17-14(18)11-5-3-4-10(8-11)9-16/h1-8H,(H,17,18). The molecule has 1 N–H and O–H groups in total. The van der Waals surface area contributed by atoms with Crippen molar-refractivity contribution in [3.8, 4) is 6.07 Å². The third-order valence-electron chi connectivity index (χ3n) is 2.38. The molecule has 2 rings (SSSR count). The summed E-state index contributed by atoms with van der Waals surface area (Å²) in [6, 6.07) is 16.0. The van der Waals surface area contributed by atoms with Gasteiger partial charge in [0.2, 0.25) is 0 Å². The second-order valence-electron chi connectivity index (χ2n) is 3.63. The zero-order valence-electron chi connectivity index (χ0n) is 9.35. The Labute approximate surface area is 113 Å². The van der Waals surface area contributed by atoms with E-state index < -0.39 is 0 Å². The first-order valence-electron chi connectivity index (χ1n) is 5.27. The van der Waals surface area contributed by atoms with Gasteiger partial charge in [-0.25, -0.2) is 0 Å². The Kier molecular flexibility index (Phi) is 3.75. The number of carbonyl (C=O) groups excluding carboxylic acids is 1. The molecule has 2 aromatic rings. The Bertz CT molecular complexity index is 632. The van der Waals surface area contributed by atoms with E-state index in [1.54, 1.807) is 30.3 Å². The van der Waals surface area contributed by atoms with E-state index in [1.165, 1.54) is 0 Å². The Hall–Kier alpha value is -2.12.